The number of para-hydroxylation sites is 1. The molecule has 1 saturated carbocycles. The average Bonchev–Trinajstić information content (AvgIpc) is 3.47. The Kier molecular flexibility index (Phi) is 6.07. The van der Waals surface area contributed by atoms with Crippen molar-refractivity contribution in [1.82, 2.24) is 20.5 Å². The predicted octanol–water partition coefficient (Wildman–Crippen LogP) is 1.97. The number of likely N-dealkylation sites (tertiary alicyclic amines) is 1. The predicted molar refractivity (Wildman–Crippen MR) is 108 cm³/mol. The van der Waals surface area contributed by atoms with Crippen LogP contribution in [0.4, 0.5) is 5.69 Å². The molecular formula is C20H31N7O. The molecule has 28 heavy (non-hydrogen) atoms. The molecule has 1 aliphatic carbocycles. The van der Waals surface area contributed by atoms with Crippen LogP contribution in [-0.4, -0.2) is 61.4 Å². The molecule has 2 heterocycles. The molecule has 3 atom stereocenters. The lowest BCUT2D eigenvalue weighted by Crippen LogP contribution is -2.49. The van der Waals surface area contributed by atoms with Gasteiger partial charge in [-0.15, -0.1) is 0 Å². The highest BCUT2D eigenvalue weighted by Crippen LogP contribution is 2.27. The maximum absolute atomic E-state index is 12.2. The van der Waals surface area contributed by atoms with Crippen LogP contribution < -0.4 is 15.6 Å². The normalized spacial score (nSPS) is 27.2. The van der Waals surface area contributed by atoms with E-state index in [0.717, 1.165) is 51.0 Å². The Bertz CT molecular complexity index is 676. The van der Waals surface area contributed by atoms with Crippen molar-refractivity contribution in [1.29, 1.82) is 0 Å². The van der Waals surface area contributed by atoms with Gasteiger partial charge in [0.25, 0.3) is 0 Å². The van der Waals surface area contributed by atoms with Gasteiger partial charge >= 0.3 is 0 Å². The summed E-state index contributed by atoms with van der Waals surface area (Å²) in [5.74, 6) is 0.861. The second-order valence-electron chi connectivity index (χ2n) is 8.06. The maximum Gasteiger partial charge on any atom is 0.236 e. The van der Waals surface area contributed by atoms with Gasteiger partial charge in [0.1, 0.15) is 0 Å². The van der Waals surface area contributed by atoms with E-state index < -0.39 is 0 Å². The van der Waals surface area contributed by atoms with Gasteiger partial charge in [0.05, 0.1) is 12.2 Å². The Balaban J connectivity index is 1.21. The number of nitrogens with zero attached hydrogens (tertiary/aromatic N) is 5. The van der Waals surface area contributed by atoms with Crippen molar-refractivity contribution in [2.45, 2.75) is 44.4 Å². The van der Waals surface area contributed by atoms with Gasteiger partial charge < -0.3 is 10.2 Å². The Morgan fingerprint density at radius 2 is 1.89 bits per heavy atom. The summed E-state index contributed by atoms with van der Waals surface area (Å²) in [6, 6.07) is 10.6. The van der Waals surface area contributed by atoms with Gasteiger partial charge in [-0.2, -0.15) is 0 Å². The molecule has 1 unspecified atom stereocenters. The van der Waals surface area contributed by atoms with E-state index in [0.29, 0.717) is 18.5 Å². The lowest BCUT2D eigenvalue weighted by molar-refractivity contribution is -0.129. The van der Waals surface area contributed by atoms with Crippen molar-refractivity contribution in [3.8, 4) is 0 Å². The Morgan fingerprint density at radius 3 is 2.68 bits per heavy atom. The van der Waals surface area contributed by atoms with Gasteiger partial charge in [0.2, 0.25) is 5.91 Å². The van der Waals surface area contributed by atoms with Crippen LogP contribution >= 0.6 is 0 Å². The molecule has 2 fully saturated rings. The zero-order chi connectivity index (χ0) is 19.3. The van der Waals surface area contributed by atoms with Crippen molar-refractivity contribution < 1.29 is 4.79 Å². The zero-order valence-corrected chi connectivity index (χ0v) is 16.6. The number of carbonyl (C=O) groups is 1. The first-order valence-electron chi connectivity index (χ1n) is 10.4. The number of carbonyl (C=O) groups excluding carboxylic acids is 1. The minimum atomic E-state index is -0.0637. The second kappa shape index (κ2) is 8.87. The summed E-state index contributed by atoms with van der Waals surface area (Å²) in [7, 11) is 1.94. The molecule has 0 aromatic heterocycles. The highest BCUT2D eigenvalue weighted by atomic mass is 16.2. The van der Waals surface area contributed by atoms with E-state index in [1.807, 2.05) is 52.3 Å². The molecule has 2 N–H and O–H groups in total. The van der Waals surface area contributed by atoms with E-state index in [2.05, 4.69) is 21.1 Å². The monoisotopic (exact) mass is 385 g/mol. The minimum Gasteiger partial charge on any atom is -0.342 e. The summed E-state index contributed by atoms with van der Waals surface area (Å²) < 4.78 is 0. The molecule has 8 nitrogen and oxygen atoms in total. The number of hydrogen-bond acceptors (Lipinski definition) is 7. The largest absolute Gasteiger partial charge is 0.342 e. The van der Waals surface area contributed by atoms with E-state index in [1.165, 1.54) is 6.42 Å². The fourth-order valence-corrected chi connectivity index (χ4v) is 4.38. The molecule has 1 saturated heterocycles. The third-order valence-corrected chi connectivity index (χ3v) is 6.01. The van der Waals surface area contributed by atoms with Crippen LogP contribution in [0.15, 0.2) is 40.8 Å². The van der Waals surface area contributed by atoms with E-state index in [4.69, 9.17) is 0 Å². The van der Waals surface area contributed by atoms with Crippen LogP contribution in [0.1, 0.15) is 32.1 Å². The maximum atomic E-state index is 12.2. The third-order valence-electron chi connectivity index (χ3n) is 6.01. The van der Waals surface area contributed by atoms with Crippen LogP contribution in [-0.2, 0) is 4.79 Å². The lowest BCUT2D eigenvalue weighted by atomic mass is 10.1. The van der Waals surface area contributed by atoms with Gasteiger partial charge in [-0.05, 0) is 60.6 Å². The number of hydrogen-bond donors (Lipinski definition) is 2. The lowest BCUT2D eigenvalue weighted by Gasteiger charge is -2.27. The number of benzene rings is 1. The van der Waals surface area contributed by atoms with Crippen molar-refractivity contribution in [2.75, 3.05) is 38.2 Å². The summed E-state index contributed by atoms with van der Waals surface area (Å²) in [6.07, 6.45) is 5.66. The molecule has 3 aliphatic rings. The van der Waals surface area contributed by atoms with Gasteiger partial charge in [-0.1, -0.05) is 18.2 Å². The van der Waals surface area contributed by atoms with Crippen molar-refractivity contribution >= 4 is 11.6 Å². The average molecular weight is 386 g/mol. The summed E-state index contributed by atoms with van der Waals surface area (Å²) >= 11 is 0. The molecule has 8 heteroatoms. The first-order chi connectivity index (χ1) is 13.7. The quantitative estimate of drug-likeness (QED) is 0.751. The Morgan fingerprint density at radius 1 is 1.11 bits per heavy atom. The van der Waals surface area contributed by atoms with Gasteiger partial charge in [0, 0.05) is 32.7 Å². The SMILES string of the molecule is CN1N=NN(c2ccccc2)C1NC[C@H]1CC[C@@H](NCC(=O)N2CCCC2)C1. The smallest absolute Gasteiger partial charge is 0.236 e. The molecule has 4 rings (SSSR count). The van der Waals surface area contributed by atoms with E-state index >= 15 is 0 Å². The van der Waals surface area contributed by atoms with Crippen molar-refractivity contribution in [3.63, 3.8) is 0 Å². The van der Waals surface area contributed by atoms with Crippen LogP contribution in [0.2, 0.25) is 0 Å². The van der Waals surface area contributed by atoms with Crippen LogP contribution in [0, 0.1) is 5.92 Å². The third kappa shape index (κ3) is 4.44. The molecule has 0 radical (unpaired) electrons. The van der Waals surface area contributed by atoms with Gasteiger partial charge in [-0.3, -0.25) is 10.1 Å². The van der Waals surface area contributed by atoms with E-state index in [-0.39, 0.29) is 12.2 Å². The van der Waals surface area contributed by atoms with Gasteiger partial charge in [-0.25, -0.2) is 10.0 Å². The Hall–Kier alpha value is -2.19. The van der Waals surface area contributed by atoms with Crippen molar-refractivity contribution in [3.05, 3.63) is 30.3 Å². The minimum absolute atomic E-state index is 0.0637. The van der Waals surface area contributed by atoms with Crippen LogP contribution in [0.3, 0.4) is 0 Å². The highest BCUT2D eigenvalue weighted by Gasteiger charge is 2.31. The summed E-state index contributed by atoms with van der Waals surface area (Å²) in [5.41, 5.74) is 1.03. The van der Waals surface area contributed by atoms with Crippen LogP contribution in [0.5, 0.6) is 0 Å². The Labute approximate surface area is 166 Å². The molecule has 1 amide bonds. The zero-order valence-electron chi connectivity index (χ0n) is 16.6. The van der Waals surface area contributed by atoms with Crippen molar-refractivity contribution in [2.24, 2.45) is 16.4 Å². The fourth-order valence-electron chi connectivity index (χ4n) is 4.38. The number of rotatable bonds is 7. The standard InChI is InChI=1S/C20H31N7O/c1-25-20(27(24-23-25)18-7-3-2-4-8-18)22-14-16-9-10-17(13-16)21-15-19(28)26-11-5-6-12-26/h2-4,7-8,16-17,20-22H,5-6,9-15H2,1H3/t16-,17+,20?/m0/s1. The molecule has 1 aromatic carbocycles. The van der Waals surface area contributed by atoms with Gasteiger partial charge in [0.15, 0.2) is 6.29 Å². The number of nitrogens with one attached hydrogen (secondary N) is 2. The molecule has 0 bridgehead atoms. The molecule has 0 spiro atoms. The fraction of sp³-hybridized carbons (Fsp3) is 0.650. The molecule has 2 aliphatic heterocycles. The summed E-state index contributed by atoms with van der Waals surface area (Å²) in [6.45, 7) is 3.26. The number of amides is 1. The molecule has 1 aromatic rings. The second-order valence-corrected chi connectivity index (χ2v) is 8.06. The highest BCUT2D eigenvalue weighted by molar-refractivity contribution is 5.78. The first-order valence-corrected chi connectivity index (χ1v) is 10.4. The first kappa shape index (κ1) is 19.1. The summed E-state index contributed by atoms with van der Waals surface area (Å²) in [4.78, 5) is 14.2. The van der Waals surface area contributed by atoms with E-state index in [1.54, 1.807) is 0 Å². The van der Waals surface area contributed by atoms with E-state index in [9.17, 15) is 4.79 Å². The van der Waals surface area contributed by atoms with Crippen LogP contribution in [0.25, 0.3) is 0 Å². The summed E-state index contributed by atoms with van der Waals surface area (Å²) in [5, 5.41) is 19.3. The number of anilines is 1. The topological polar surface area (TPSA) is 75.6 Å². The molecular weight excluding hydrogens is 354 g/mol. The molecule has 152 valence electrons.